The highest BCUT2D eigenvalue weighted by atomic mass is 19.1. The van der Waals surface area contributed by atoms with E-state index in [1.165, 1.54) is 7.11 Å². The molecule has 0 bridgehead atoms. The van der Waals surface area contributed by atoms with Gasteiger partial charge in [0.25, 0.3) is 0 Å². The summed E-state index contributed by atoms with van der Waals surface area (Å²) < 4.78 is 37.0. The van der Waals surface area contributed by atoms with Crippen molar-refractivity contribution in [1.29, 1.82) is 0 Å². The molecule has 6 rings (SSSR count). The number of anilines is 1. The fourth-order valence-corrected chi connectivity index (χ4v) is 5.26. The molecular formula is C26H27FN4O6. The van der Waals surface area contributed by atoms with Crippen LogP contribution in [0.2, 0.25) is 0 Å². The van der Waals surface area contributed by atoms with Crippen LogP contribution in [-0.2, 0) is 4.74 Å². The minimum atomic E-state index is -1.14. The number of hydrogen-bond acceptors (Lipinski definition) is 9. The lowest BCUT2D eigenvalue weighted by atomic mass is 9.91. The number of likely N-dealkylation sites (tertiary alicyclic amines) is 1. The van der Waals surface area contributed by atoms with Crippen LogP contribution in [0.4, 0.5) is 14.9 Å². The van der Waals surface area contributed by atoms with Gasteiger partial charge in [-0.15, -0.1) is 0 Å². The van der Waals surface area contributed by atoms with Crippen LogP contribution in [-0.4, -0.2) is 78.7 Å². The summed E-state index contributed by atoms with van der Waals surface area (Å²) in [5.74, 6) is 1.09. The van der Waals surface area contributed by atoms with Crippen molar-refractivity contribution in [1.82, 2.24) is 14.9 Å². The number of ether oxygens (including phenoxy) is 4. The van der Waals surface area contributed by atoms with E-state index in [9.17, 15) is 14.3 Å². The Bertz CT molecular complexity index is 1340. The van der Waals surface area contributed by atoms with Gasteiger partial charge in [-0.3, -0.25) is 14.8 Å². The van der Waals surface area contributed by atoms with Crippen molar-refractivity contribution in [3.63, 3.8) is 0 Å². The van der Waals surface area contributed by atoms with Gasteiger partial charge in [-0.05, 0) is 31.2 Å². The smallest absolute Gasteiger partial charge is 0.414 e. The number of carbonyl (C=O) groups excluding carboxylic acids is 1. The molecule has 10 nitrogen and oxygen atoms in total. The third kappa shape index (κ3) is 4.49. The van der Waals surface area contributed by atoms with Crippen molar-refractivity contribution in [2.24, 2.45) is 5.92 Å². The van der Waals surface area contributed by atoms with Crippen molar-refractivity contribution in [3.8, 4) is 17.4 Å². The van der Waals surface area contributed by atoms with Gasteiger partial charge in [0, 0.05) is 43.2 Å². The summed E-state index contributed by atoms with van der Waals surface area (Å²) in [7, 11) is 1.47. The third-order valence-corrected chi connectivity index (χ3v) is 7.16. The molecule has 11 heteroatoms. The number of aliphatic hydroxyl groups is 1. The van der Waals surface area contributed by atoms with Gasteiger partial charge in [-0.25, -0.2) is 14.2 Å². The standard InChI is InChI=1S/C26H27FN4O6/c1-34-23-5-3-18-25(29-23)24(17(27)11-28-18)19(32)13-30-7-6-15-12-31(26(33)37-22(15)14-30)16-2-4-20-21(10-16)36-9-8-35-20/h2-5,10-11,15,19,22,32H,6-9,12-14H2,1H3/t15-,19+,22?/m0/s1. The maximum atomic E-state index is 14.8. The fourth-order valence-electron chi connectivity index (χ4n) is 5.26. The molecule has 1 N–H and O–H groups in total. The van der Waals surface area contributed by atoms with Crippen LogP contribution in [0.15, 0.2) is 36.5 Å². The van der Waals surface area contributed by atoms with Crippen molar-refractivity contribution < 1.29 is 33.2 Å². The molecule has 37 heavy (non-hydrogen) atoms. The van der Waals surface area contributed by atoms with Crippen LogP contribution in [0.5, 0.6) is 17.4 Å². The number of halogens is 1. The van der Waals surface area contributed by atoms with Gasteiger partial charge in [0.1, 0.15) is 30.7 Å². The number of benzene rings is 1. The monoisotopic (exact) mass is 510 g/mol. The molecule has 3 aromatic rings. The molecule has 2 aromatic heterocycles. The van der Waals surface area contributed by atoms with Gasteiger partial charge in [-0.1, -0.05) is 0 Å². The molecule has 194 valence electrons. The SMILES string of the molecule is COc1ccc2ncc(F)c([C@H](O)CN3CC[C@H]4CN(c5ccc6c(c5)OCCO6)C(=O)OC4C3)c2n1. The van der Waals surface area contributed by atoms with Gasteiger partial charge >= 0.3 is 6.09 Å². The van der Waals surface area contributed by atoms with E-state index in [0.29, 0.717) is 61.4 Å². The Morgan fingerprint density at radius 2 is 2.03 bits per heavy atom. The van der Waals surface area contributed by atoms with Crippen molar-refractivity contribution in [3.05, 3.63) is 47.9 Å². The topological polar surface area (TPSA) is 106 Å². The molecule has 1 unspecified atom stereocenters. The normalized spacial score (nSPS) is 22.4. The number of rotatable bonds is 5. The molecule has 1 aromatic carbocycles. The van der Waals surface area contributed by atoms with Gasteiger partial charge < -0.3 is 24.1 Å². The van der Waals surface area contributed by atoms with E-state index in [0.717, 1.165) is 12.6 Å². The number of methoxy groups -OCH3 is 1. The first-order valence-electron chi connectivity index (χ1n) is 12.3. The van der Waals surface area contributed by atoms with Crippen molar-refractivity contribution in [2.45, 2.75) is 18.6 Å². The second-order valence-electron chi connectivity index (χ2n) is 9.43. The maximum absolute atomic E-state index is 14.8. The Morgan fingerprint density at radius 3 is 2.86 bits per heavy atom. The first-order chi connectivity index (χ1) is 18.0. The van der Waals surface area contributed by atoms with E-state index >= 15 is 0 Å². The quantitative estimate of drug-likeness (QED) is 0.555. The van der Waals surface area contributed by atoms with Crippen LogP contribution in [0.25, 0.3) is 11.0 Å². The lowest BCUT2D eigenvalue weighted by Crippen LogP contribution is -2.56. The Morgan fingerprint density at radius 1 is 1.19 bits per heavy atom. The number of piperidine rings is 1. The third-order valence-electron chi connectivity index (χ3n) is 7.16. The highest BCUT2D eigenvalue weighted by Crippen LogP contribution is 2.37. The summed E-state index contributed by atoms with van der Waals surface area (Å²) in [4.78, 5) is 24.9. The highest BCUT2D eigenvalue weighted by Gasteiger charge is 2.40. The van der Waals surface area contributed by atoms with E-state index in [1.54, 1.807) is 29.2 Å². The lowest BCUT2D eigenvalue weighted by molar-refractivity contribution is -0.0188. The summed E-state index contributed by atoms with van der Waals surface area (Å²) in [5, 5.41) is 11.0. The molecule has 1 amide bonds. The summed E-state index contributed by atoms with van der Waals surface area (Å²) in [5.41, 5.74) is 1.52. The first-order valence-corrected chi connectivity index (χ1v) is 12.3. The Hall–Kier alpha value is -3.70. The van der Waals surface area contributed by atoms with Crippen LogP contribution < -0.4 is 19.1 Å². The Balaban J connectivity index is 1.14. The molecule has 3 aliphatic heterocycles. The number of carbonyl (C=O) groups is 1. The average Bonchev–Trinajstić information content (AvgIpc) is 2.91. The fraction of sp³-hybridized carbons (Fsp3) is 0.423. The zero-order valence-electron chi connectivity index (χ0n) is 20.3. The zero-order valence-corrected chi connectivity index (χ0v) is 20.3. The first kappa shape index (κ1) is 23.7. The molecule has 3 aliphatic rings. The Labute approximate surface area is 212 Å². The number of aromatic nitrogens is 2. The van der Waals surface area contributed by atoms with Gasteiger partial charge in [0.05, 0.1) is 30.6 Å². The molecule has 0 radical (unpaired) electrons. The number of nitrogens with zero attached hydrogens (tertiary/aromatic N) is 4. The summed E-state index contributed by atoms with van der Waals surface area (Å²) in [6.07, 6.45) is -0.0364. The number of fused-ring (bicyclic) bond motifs is 3. The average molecular weight is 511 g/mol. The molecule has 5 heterocycles. The predicted octanol–water partition coefficient (Wildman–Crippen LogP) is 2.93. The minimum absolute atomic E-state index is 0.0800. The van der Waals surface area contributed by atoms with Gasteiger partial charge in [0.2, 0.25) is 5.88 Å². The maximum Gasteiger partial charge on any atom is 0.414 e. The molecule has 3 atom stereocenters. The number of β-amino-alcohol motifs (C(OH)–C–C–N with tert-alkyl or cyclic N) is 1. The van der Waals surface area contributed by atoms with E-state index in [1.807, 2.05) is 11.0 Å². The highest BCUT2D eigenvalue weighted by molar-refractivity contribution is 5.89. The number of pyridine rings is 2. The van der Waals surface area contributed by atoms with Crippen molar-refractivity contribution >= 4 is 22.8 Å². The van der Waals surface area contributed by atoms with Crippen molar-refractivity contribution in [2.75, 3.05) is 51.4 Å². The van der Waals surface area contributed by atoms with Crippen LogP contribution >= 0.6 is 0 Å². The van der Waals surface area contributed by atoms with Crippen LogP contribution in [0.3, 0.4) is 0 Å². The molecule has 0 saturated carbocycles. The zero-order chi connectivity index (χ0) is 25.5. The van der Waals surface area contributed by atoms with E-state index in [2.05, 4.69) is 9.97 Å². The number of hydrogen-bond donors (Lipinski definition) is 1. The molecule has 2 fully saturated rings. The summed E-state index contributed by atoms with van der Waals surface area (Å²) in [6, 6.07) is 8.76. The lowest BCUT2D eigenvalue weighted by Gasteiger charge is -2.44. The number of amides is 1. The number of aliphatic hydroxyl groups excluding tert-OH is 1. The van der Waals surface area contributed by atoms with Gasteiger partial charge in [-0.2, -0.15) is 0 Å². The summed E-state index contributed by atoms with van der Waals surface area (Å²) in [6.45, 7) is 2.78. The molecular weight excluding hydrogens is 483 g/mol. The summed E-state index contributed by atoms with van der Waals surface area (Å²) >= 11 is 0. The van der Waals surface area contributed by atoms with Crippen LogP contribution in [0, 0.1) is 11.7 Å². The predicted molar refractivity (Wildman–Crippen MR) is 131 cm³/mol. The van der Waals surface area contributed by atoms with E-state index in [-0.39, 0.29) is 29.6 Å². The second-order valence-corrected chi connectivity index (χ2v) is 9.43. The van der Waals surface area contributed by atoms with Crippen LogP contribution in [0.1, 0.15) is 18.1 Å². The van der Waals surface area contributed by atoms with E-state index < -0.39 is 18.0 Å². The Kier molecular flexibility index (Phi) is 6.17. The largest absolute Gasteiger partial charge is 0.486 e. The van der Waals surface area contributed by atoms with E-state index in [4.69, 9.17) is 18.9 Å². The molecule has 0 aliphatic carbocycles. The molecule has 2 saturated heterocycles. The second kappa shape index (κ2) is 9.64. The molecule has 0 spiro atoms. The van der Waals surface area contributed by atoms with Gasteiger partial charge in [0.15, 0.2) is 11.5 Å². The minimum Gasteiger partial charge on any atom is -0.486 e.